The van der Waals surface area contributed by atoms with Gasteiger partial charge < -0.3 is 43.5 Å². The Hall–Kier alpha value is -2.92. The van der Waals surface area contributed by atoms with Gasteiger partial charge in [0.15, 0.2) is 0 Å². The largest absolute Gasteiger partial charge is 0.461 e. The number of Topliss-reactive ketones (excluding diaryl/α,β-unsaturated/α-hetero) is 2. The highest BCUT2D eigenvalue weighted by Gasteiger charge is 2.56. The van der Waals surface area contributed by atoms with Gasteiger partial charge in [-0.15, -0.1) is 6.58 Å². The number of allylic oxidation sites excluding steroid dienone is 4. The number of ketones is 2. The fourth-order valence-corrected chi connectivity index (χ4v) is 12.0. The van der Waals surface area contributed by atoms with Gasteiger partial charge in [0.05, 0.1) is 24.4 Å². The maximum atomic E-state index is 14.5. The molecule has 4 aliphatic heterocycles. The molecule has 2 N–H and O–H groups in total. The van der Waals surface area contributed by atoms with Gasteiger partial charge in [-0.05, 0) is 102 Å². The van der Waals surface area contributed by atoms with Gasteiger partial charge >= 0.3 is 11.9 Å². The van der Waals surface area contributed by atoms with Crippen LogP contribution in [-0.4, -0.2) is 138 Å². The third-order valence-corrected chi connectivity index (χ3v) is 15.8. The smallest absolute Gasteiger partial charge is 0.329 e. The number of rotatable bonds is 10. The number of carbonyl (C=O) groups is 5. The first-order valence-corrected chi connectivity index (χ1v) is 24.5. The van der Waals surface area contributed by atoms with Gasteiger partial charge in [-0.1, -0.05) is 44.6 Å². The molecular formula is C49H75NO13S. The Labute approximate surface area is 384 Å². The van der Waals surface area contributed by atoms with E-state index in [1.807, 2.05) is 26.8 Å². The molecular weight excluding hydrogens is 843 g/mol. The van der Waals surface area contributed by atoms with Gasteiger partial charge in [-0.2, -0.15) is 11.8 Å². The Morgan fingerprint density at radius 3 is 2.30 bits per heavy atom. The number of nitrogens with zero attached hydrogens (tertiary/aromatic N) is 1. The Bertz CT molecular complexity index is 1720. The van der Waals surface area contributed by atoms with Crippen molar-refractivity contribution in [1.82, 2.24) is 4.90 Å². The number of thioether (sulfide) groups is 1. The van der Waals surface area contributed by atoms with Crippen molar-refractivity contribution in [3.05, 3.63) is 36.0 Å². The van der Waals surface area contributed by atoms with Crippen LogP contribution in [0.25, 0.3) is 0 Å². The molecule has 0 radical (unpaired) electrons. The van der Waals surface area contributed by atoms with Crippen LogP contribution in [0.3, 0.4) is 0 Å². The summed E-state index contributed by atoms with van der Waals surface area (Å²) in [6.45, 7) is 13.2. The molecule has 4 heterocycles. The quantitative estimate of drug-likeness (QED) is 0.146. The fraction of sp³-hybridized carbons (Fsp3) is 0.776. The Morgan fingerprint density at radius 2 is 1.64 bits per heavy atom. The van der Waals surface area contributed by atoms with Crippen LogP contribution in [-0.2, 0) is 52.4 Å². The molecule has 4 fully saturated rings. The molecule has 3 saturated heterocycles. The van der Waals surface area contributed by atoms with Crippen molar-refractivity contribution in [2.45, 2.75) is 178 Å². The maximum Gasteiger partial charge on any atom is 0.329 e. The minimum absolute atomic E-state index is 0.00511. The summed E-state index contributed by atoms with van der Waals surface area (Å²) in [5.74, 6) is -7.13. The Kier molecular flexibility index (Phi) is 19.3. The molecule has 0 aromatic heterocycles. The minimum atomic E-state index is -2.52. The van der Waals surface area contributed by atoms with Crippen molar-refractivity contribution in [1.29, 1.82) is 0 Å². The van der Waals surface area contributed by atoms with E-state index in [-0.39, 0.29) is 66.9 Å². The number of hydrogen-bond acceptors (Lipinski definition) is 14. The van der Waals surface area contributed by atoms with E-state index in [2.05, 4.69) is 12.7 Å². The van der Waals surface area contributed by atoms with Crippen LogP contribution in [0.2, 0.25) is 0 Å². The number of carbonyl (C=O) groups excluding carboxylic acids is 5. The standard InChI is InChI=1S/C49H75NO13S/c1-10-13-34-21-28(2)20-29(3)22-40(59-8)45-41(60-9)24-31(5)49(57,63-45)46(54)47(55)50-19-12-11-14-36(50)48(56)62-44(32(6)37(51)26-38(34)52)30(4)23-33-15-17-42(39(25-33)58-7)64-27-35-16-18-43(53)61-35/h10,21,23,29,31-37,39-42,44-45,51,57H,1,11-20,22,24-27H2,2-9H3/b28-21+,30-23+/t29-,31+,32+,33-,34+,35?,36-,37-,39+,40-,41-,42?,44+,45?,49+/m0/s1. The lowest BCUT2D eigenvalue weighted by Crippen LogP contribution is -2.64. The van der Waals surface area contributed by atoms with Crippen molar-refractivity contribution >= 4 is 41.2 Å². The van der Waals surface area contributed by atoms with E-state index in [4.69, 9.17) is 28.4 Å². The number of cyclic esters (lactones) is 2. The molecule has 1 amide bonds. The number of hydrogen-bond donors (Lipinski definition) is 2. The summed E-state index contributed by atoms with van der Waals surface area (Å²) in [6, 6.07) is -1.15. The molecule has 64 heavy (non-hydrogen) atoms. The molecule has 5 aliphatic rings. The predicted molar refractivity (Wildman–Crippen MR) is 242 cm³/mol. The lowest BCUT2D eigenvalue weighted by molar-refractivity contribution is -0.302. The van der Waals surface area contributed by atoms with Crippen molar-refractivity contribution in [3.8, 4) is 0 Å². The molecule has 15 atom stereocenters. The van der Waals surface area contributed by atoms with E-state index in [0.717, 1.165) is 24.8 Å². The number of aliphatic hydroxyl groups is 2. The van der Waals surface area contributed by atoms with Gasteiger partial charge in [0, 0.05) is 69.5 Å². The van der Waals surface area contributed by atoms with Crippen LogP contribution in [0.5, 0.6) is 0 Å². The molecule has 3 unspecified atom stereocenters. The average molecular weight is 918 g/mol. The van der Waals surface area contributed by atoms with Crippen LogP contribution in [0, 0.1) is 29.6 Å². The number of aliphatic hydroxyl groups excluding tert-OH is 1. The molecule has 15 heteroatoms. The predicted octanol–water partition coefficient (Wildman–Crippen LogP) is 6.09. The molecule has 5 rings (SSSR count). The monoisotopic (exact) mass is 917 g/mol. The topological polar surface area (TPSA) is 184 Å². The lowest BCUT2D eigenvalue weighted by Gasteiger charge is -2.47. The summed E-state index contributed by atoms with van der Waals surface area (Å²) in [4.78, 5) is 70.1. The molecule has 1 aliphatic carbocycles. The first-order valence-electron chi connectivity index (χ1n) is 23.5. The first kappa shape index (κ1) is 52.1. The molecule has 1 saturated carbocycles. The van der Waals surface area contributed by atoms with Crippen molar-refractivity contribution in [2.24, 2.45) is 29.6 Å². The molecule has 2 bridgehead atoms. The molecule has 0 aromatic carbocycles. The van der Waals surface area contributed by atoms with Crippen molar-refractivity contribution in [2.75, 3.05) is 33.6 Å². The summed E-state index contributed by atoms with van der Waals surface area (Å²) in [5, 5.41) is 24.2. The van der Waals surface area contributed by atoms with E-state index >= 15 is 0 Å². The third-order valence-electron chi connectivity index (χ3n) is 14.3. The van der Waals surface area contributed by atoms with Crippen molar-refractivity contribution < 1.29 is 62.6 Å². The molecule has 0 spiro atoms. The summed E-state index contributed by atoms with van der Waals surface area (Å²) < 4.78 is 35.8. The van der Waals surface area contributed by atoms with E-state index in [0.29, 0.717) is 56.3 Å². The third kappa shape index (κ3) is 12.7. The summed E-state index contributed by atoms with van der Waals surface area (Å²) in [7, 11) is 4.76. The van der Waals surface area contributed by atoms with Gasteiger partial charge in [0.2, 0.25) is 5.79 Å². The van der Waals surface area contributed by atoms with E-state index in [1.165, 1.54) is 19.1 Å². The number of ether oxygens (including phenoxy) is 6. The van der Waals surface area contributed by atoms with Gasteiger partial charge in [0.25, 0.3) is 11.7 Å². The van der Waals surface area contributed by atoms with Crippen LogP contribution in [0.15, 0.2) is 36.0 Å². The maximum absolute atomic E-state index is 14.5. The van der Waals surface area contributed by atoms with Crippen LogP contribution >= 0.6 is 11.8 Å². The highest BCUT2D eigenvalue weighted by Crippen LogP contribution is 2.40. The van der Waals surface area contributed by atoms with Crippen LogP contribution in [0.1, 0.15) is 118 Å². The number of esters is 2. The SMILES string of the molecule is C=CC[C@@H]1/C=C(\C)C[C@H](C)C[C@H](OC)C2O[C@@](O)(C(=O)C(=O)N3CCCC[C@H]3C(=O)O[C@H](/C(C)=C/[C@@H]3CCC(SCC4CCC(=O)O4)[C@H](OC)C3)[C@H](C)[C@@H](O)CC1=O)[C@H](C)C[C@@H]2OC. The Morgan fingerprint density at radius 1 is 0.938 bits per heavy atom. The van der Waals surface area contributed by atoms with E-state index in [1.54, 1.807) is 38.8 Å². The second-order valence-electron chi connectivity index (χ2n) is 19.2. The van der Waals surface area contributed by atoms with E-state index < -0.39 is 77.8 Å². The normalized spacial score (nSPS) is 40.1. The molecule has 0 aromatic rings. The number of piperidine rings is 1. The fourth-order valence-electron chi connectivity index (χ4n) is 10.5. The van der Waals surface area contributed by atoms with Gasteiger partial charge in [-0.25, -0.2) is 4.79 Å². The van der Waals surface area contributed by atoms with Crippen LogP contribution in [0.4, 0.5) is 0 Å². The van der Waals surface area contributed by atoms with Crippen molar-refractivity contribution in [3.63, 3.8) is 0 Å². The lowest BCUT2D eigenvalue weighted by atomic mass is 9.82. The number of amides is 1. The molecule has 14 nitrogen and oxygen atoms in total. The summed E-state index contributed by atoms with van der Waals surface area (Å²) in [6.07, 6.45) is 7.63. The van der Waals surface area contributed by atoms with Crippen LogP contribution < -0.4 is 0 Å². The van der Waals surface area contributed by atoms with E-state index in [9.17, 15) is 34.2 Å². The number of fused-ring (bicyclic) bond motifs is 3. The summed E-state index contributed by atoms with van der Waals surface area (Å²) in [5.41, 5.74) is 1.65. The minimum Gasteiger partial charge on any atom is -0.461 e. The second-order valence-corrected chi connectivity index (χ2v) is 20.5. The number of methoxy groups -OCH3 is 3. The Balaban J connectivity index is 1.48. The highest BCUT2D eigenvalue weighted by atomic mass is 32.2. The zero-order valence-electron chi connectivity index (χ0n) is 39.4. The zero-order valence-corrected chi connectivity index (χ0v) is 40.2. The zero-order chi connectivity index (χ0) is 46.9. The van der Waals surface area contributed by atoms with Gasteiger partial charge in [-0.3, -0.25) is 19.2 Å². The first-order chi connectivity index (χ1) is 30.4. The second kappa shape index (κ2) is 23.7. The average Bonchev–Trinajstić information content (AvgIpc) is 3.70. The highest BCUT2D eigenvalue weighted by molar-refractivity contribution is 8.00. The molecule has 360 valence electrons. The van der Waals surface area contributed by atoms with Gasteiger partial charge in [0.1, 0.15) is 30.1 Å². The summed E-state index contributed by atoms with van der Waals surface area (Å²) >= 11 is 1.77.